The number of carboxylic acid groups (broad SMARTS) is 1. The van der Waals surface area contributed by atoms with Crippen molar-refractivity contribution in [2.24, 2.45) is 0 Å². The highest BCUT2D eigenvalue weighted by Gasteiger charge is 2.27. The van der Waals surface area contributed by atoms with Crippen molar-refractivity contribution in [3.63, 3.8) is 0 Å². The topological polar surface area (TPSA) is 92.0 Å². The van der Waals surface area contributed by atoms with Gasteiger partial charge in [-0.25, -0.2) is 9.59 Å². The summed E-state index contributed by atoms with van der Waals surface area (Å²) in [5, 5.41) is 11.7. The fourth-order valence-electron chi connectivity index (χ4n) is 2.29. The summed E-state index contributed by atoms with van der Waals surface area (Å²) in [5.74, 6) is -0.281. The number of morpholine rings is 1. The maximum Gasteiger partial charge on any atom is 0.339 e. The number of hydrogen-bond donors (Lipinski definition) is 2. The van der Waals surface area contributed by atoms with E-state index in [0.29, 0.717) is 24.7 Å². The van der Waals surface area contributed by atoms with Crippen LogP contribution in [0.15, 0.2) is 10.5 Å². The molecule has 0 spiro atoms. The highest BCUT2D eigenvalue weighted by Crippen LogP contribution is 2.15. The van der Waals surface area contributed by atoms with E-state index < -0.39 is 5.97 Å². The van der Waals surface area contributed by atoms with Crippen LogP contribution < -0.4 is 5.32 Å². The number of furan rings is 1. The molecule has 2 unspecified atom stereocenters. The molecule has 0 bridgehead atoms. The number of aromatic carboxylic acids is 1. The summed E-state index contributed by atoms with van der Waals surface area (Å²) in [6.07, 6.45) is 0.0106. The van der Waals surface area contributed by atoms with E-state index in [2.05, 4.69) is 5.32 Å². The monoisotopic (exact) mass is 296 g/mol. The summed E-state index contributed by atoms with van der Waals surface area (Å²) >= 11 is 0. The van der Waals surface area contributed by atoms with Crippen molar-refractivity contribution in [1.82, 2.24) is 10.2 Å². The fourth-order valence-corrected chi connectivity index (χ4v) is 2.29. The van der Waals surface area contributed by atoms with Gasteiger partial charge in [-0.3, -0.25) is 0 Å². The zero-order chi connectivity index (χ0) is 15.6. The van der Waals surface area contributed by atoms with Crippen molar-refractivity contribution in [2.45, 2.75) is 39.5 Å². The predicted octanol–water partition coefficient (Wildman–Crippen LogP) is 1.61. The molecule has 21 heavy (non-hydrogen) atoms. The Kier molecular flexibility index (Phi) is 4.52. The van der Waals surface area contributed by atoms with Gasteiger partial charge in [0.25, 0.3) is 0 Å². The smallest absolute Gasteiger partial charge is 0.339 e. The number of amides is 2. The van der Waals surface area contributed by atoms with Crippen LogP contribution in [0.25, 0.3) is 0 Å². The molecule has 0 aromatic carbocycles. The third-order valence-electron chi connectivity index (χ3n) is 3.48. The van der Waals surface area contributed by atoms with Gasteiger partial charge in [-0.1, -0.05) is 0 Å². The van der Waals surface area contributed by atoms with Crippen molar-refractivity contribution in [3.8, 4) is 0 Å². The van der Waals surface area contributed by atoms with Crippen LogP contribution in [0.3, 0.4) is 0 Å². The van der Waals surface area contributed by atoms with Crippen LogP contribution in [0.1, 0.15) is 35.7 Å². The highest BCUT2D eigenvalue weighted by atomic mass is 16.5. The molecule has 116 valence electrons. The molecule has 1 aromatic rings. The maximum absolute atomic E-state index is 12.2. The summed E-state index contributed by atoms with van der Waals surface area (Å²) in [6.45, 7) is 6.63. The predicted molar refractivity (Wildman–Crippen MR) is 74.2 cm³/mol. The number of rotatable bonds is 3. The number of nitrogens with one attached hydrogen (secondary N) is 1. The minimum Gasteiger partial charge on any atom is -0.478 e. The Hall–Kier alpha value is -2.02. The van der Waals surface area contributed by atoms with Crippen molar-refractivity contribution >= 4 is 12.0 Å². The molecule has 2 atom stereocenters. The van der Waals surface area contributed by atoms with Gasteiger partial charge in [0.1, 0.15) is 17.1 Å². The van der Waals surface area contributed by atoms with E-state index in [1.807, 2.05) is 13.8 Å². The Balaban J connectivity index is 1.94. The number of ether oxygens (including phenoxy) is 1. The third-order valence-corrected chi connectivity index (χ3v) is 3.48. The number of carboxylic acids is 1. The SMILES string of the molecule is Cc1oc(CNC(=O)N2CC(C)OCC2C)cc1C(=O)O. The zero-order valence-corrected chi connectivity index (χ0v) is 12.4. The summed E-state index contributed by atoms with van der Waals surface area (Å²) in [5.41, 5.74) is 0.118. The Morgan fingerprint density at radius 3 is 2.81 bits per heavy atom. The molecule has 1 aromatic heterocycles. The molecule has 7 heteroatoms. The second-order valence-corrected chi connectivity index (χ2v) is 5.29. The number of urea groups is 1. The van der Waals surface area contributed by atoms with Gasteiger partial charge in [0.05, 0.1) is 25.3 Å². The first kappa shape index (κ1) is 15.4. The molecule has 2 amide bonds. The van der Waals surface area contributed by atoms with Gasteiger partial charge in [0.2, 0.25) is 0 Å². The number of hydrogen-bond acceptors (Lipinski definition) is 4. The normalized spacial score (nSPS) is 22.1. The number of carbonyl (C=O) groups excluding carboxylic acids is 1. The standard InChI is InChI=1S/C14H20N2O5/c1-8-7-20-9(2)6-16(8)14(19)15-5-11-4-12(13(17)18)10(3)21-11/h4,8-9H,5-7H2,1-3H3,(H,15,19)(H,17,18). The Bertz CT molecular complexity index is 539. The van der Waals surface area contributed by atoms with E-state index >= 15 is 0 Å². The molecular formula is C14H20N2O5. The van der Waals surface area contributed by atoms with Gasteiger partial charge in [-0.2, -0.15) is 0 Å². The molecule has 1 aliphatic heterocycles. The largest absolute Gasteiger partial charge is 0.478 e. The highest BCUT2D eigenvalue weighted by molar-refractivity contribution is 5.88. The molecule has 2 rings (SSSR count). The average molecular weight is 296 g/mol. The van der Waals surface area contributed by atoms with Crippen LogP contribution in [-0.2, 0) is 11.3 Å². The Morgan fingerprint density at radius 1 is 1.48 bits per heavy atom. The lowest BCUT2D eigenvalue weighted by atomic mass is 10.2. The molecule has 0 radical (unpaired) electrons. The second-order valence-electron chi connectivity index (χ2n) is 5.29. The first-order valence-corrected chi connectivity index (χ1v) is 6.87. The van der Waals surface area contributed by atoms with Gasteiger partial charge in [0.15, 0.2) is 0 Å². The quantitative estimate of drug-likeness (QED) is 0.884. The van der Waals surface area contributed by atoms with E-state index in [4.69, 9.17) is 14.3 Å². The van der Waals surface area contributed by atoms with Gasteiger partial charge >= 0.3 is 12.0 Å². The molecule has 1 fully saturated rings. The van der Waals surface area contributed by atoms with Crippen LogP contribution in [0, 0.1) is 6.92 Å². The molecule has 2 N–H and O–H groups in total. The van der Waals surface area contributed by atoms with Crippen molar-refractivity contribution in [3.05, 3.63) is 23.2 Å². The van der Waals surface area contributed by atoms with Crippen LogP contribution in [0.4, 0.5) is 4.79 Å². The van der Waals surface area contributed by atoms with Crippen molar-refractivity contribution < 1.29 is 23.8 Å². The summed E-state index contributed by atoms with van der Waals surface area (Å²) in [6, 6.07) is 1.24. The van der Waals surface area contributed by atoms with Crippen molar-refractivity contribution in [2.75, 3.05) is 13.2 Å². The fraction of sp³-hybridized carbons (Fsp3) is 0.571. The number of nitrogens with zero attached hydrogens (tertiary/aromatic N) is 1. The van der Waals surface area contributed by atoms with Gasteiger partial charge in [-0.15, -0.1) is 0 Å². The van der Waals surface area contributed by atoms with Crippen LogP contribution >= 0.6 is 0 Å². The number of aryl methyl sites for hydroxylation is 1. The Labute approximate surface area is 122 Å². The van der Waals surface area contributed by atoms with Crippen LogP contribution in [0.2, 0.25) is 0 Å². The van der Waals surface area contributed by atoms with Crippen molar-refractivity contribution in [1.29, 1.82) is 0 Å². The Morgan fingerprint density at radius 2 is 2.19 bits per heavy atom. The summed E-state index contributed by atoms with van der Waals surface area (Å²) < 4.78 is 10.8. The van der Waals surface area contributed by atoms with E-state index in [1.54, 1.807) is 11.8 Å². The first-order valence-electron chi connectivity index (χ1n) is 6.87. The minimum atomic E-state index is -1.04. The molecule has 0 saturated carbocycles. The molecule has 2 heterocycles. The second kappa shape index (κ2) is 6.17. The lowest BCUT2D eigenvalue weighted by molar-refractivity contribution is -0.0318. The number of carbonyl (C=O) groups is 2. The van der Waals surface area contributed by atoms with E-state index in [1.165, 1.54) is 6.07 Å². The molecule has 0 aliphatic carbocycles. The summed E-state index contributed by atoms with van der Waals surface area (Å²) in [7, 11) is 0. The zero-order valence-electron chi connectivity index (χ0n) is 12.4. The maximum atomic E-state index is 12.2. The molecule has 7 nitrogen and oxygen atoms in total. The average Bonchev–Trinajstić information content (AvgIpc) is 2.80. The van der Waals surface area contributed by atoms with Crippen LogP contribution in [-0.4, -0.2) is 47.3 Å². The van der Waals surface area contributed by atoms with Gasteiger partial charge in [0, 0.05) is 6.54 Å². The van der Waals surface area contributed by atoms with E-state index in [9.17, 15) is 9.59 Å². The van der Waals surface area contributed by atoms with Crippen LogP contribution in [0.5, 0.6) is 0 Å². The molecule has 1 saturated heterocycles. The molecular weight excluding hydrogens is 276 g/mol. The third kappa shape index (κ3) is 3.55. The van der Waals surface area contributed by atoms with Gasteiger partial charge < -0.3 is 24.5 Å². The minimum absolute atomic E-state index is 0.00844. The summed E-state index contributed by atoms with van der Waals surface area (Å²) in [4.78, 5) is 24.8. The van der Waals surface area contributed by atoms with Gasteiger partial charge in [-0.05, 0) is 26.8 Å². The molecule has 1 aliphatic rings. The van der Waals surface area contributed by atoms with E-state index in [0.717, 1.165) is 0 Å². The lowest BCUT2D eigenvalue weighted by Crippen LogP contribution is -2.53. The first-order chi connectivity index (χ1) is 9.88. The van der Waals surface area contributed by atoms with E-state index in [-0.39, 0.29) is 30.3 Å². The lowest BCUT2D eigenvalue weighted by Gasteiger charge is -2.36.